The number of ether oxygens (including phenoxy) is 2. The number of amides is 2. The van der Waals surface area contributed by atoms with Crippen LogP contribution in [0.4, 0.5) is 5.69 Å². The lowest BCUT2D eigenvalue weighted by Gasteiger charge is -2.16. The van der Waals surface area contributed by atoms with E-state index in [4.69, 9.17) is 9.47 Å². The average Bonchev–Trinajstić information content (AvgIpc) is 2.73. The summed E-state index contributed by atoms with van der Waals surface area (Å²) in [7, 11) is 3.17. The Balaban J connectivity index is 1.96. The van der Waals surface area contributed by atoms with Crippen LogP contribution >= 0.6 is 0 Å². The molecule has 2 amide bonds. The van der Waals surface area contributed by atoms with Gasteiger partial charge in [-0.2, -0.15) is 0 Å². The molecule has 6 nitrogen and oxygen atoms in total. The fourth-order valence-electron chi connectivity index (χ4n) is 2.77. The van der Waals surface area contributed by atoms with Crippen LogP contribution in [0.2, 0.25) is 0 Å². The summed E-state index contributed by atoms with van der Waals surface area (Å²) in [5.41, 5.74) is 3.60. The third kappa shape index (κ3) is 6.65. The molecule has 0 aliphatic rings. The molecule has 0 aliphatic heterocycles. The van der Waals surface area contributed by atoms with E-state index in [1.54, 1.807) is 20.2 Å². The summed E-state index contributed by atoms with van der Waals surface area (Å²) < 4.78 is 11.0. The summed E-state index contributed by atoms with van der Waals surface area (Å²) in [5, 5.41) is 2.86. The largest absolute Gasteiger partial charge is 0.493 e. The summed E-state index contributed by atoms with van der Waals surface area (Å²) in [6.45, 7) is 6.50. The van der Waals surface area contributed by atoms with Crippen LogP contribution in [-0.2, 0) is 9.59 Å². The molecule has 0 saturated carbocycles. The van der Waals surface area contributed by atoms with Crippen LogP contribution in [0.1, 0.15) is 30.0 Å². The quantitative estimate of drug-likeness (QED) is 0.629. The Bertz CT molecular complexity index is 921. The average molecular weight is 411 g/mol. The van der Waals surface area contributed by atoms with Crippen LogP contribution in [0.15, 0.2) is 42.5 Å². The zero-order chi connectivity index (χ0) is 22.1. The number of aryl methyl sites for hydroxylation is 2. The molecule has 0 spiro atoms. The zero-order valence-corrected chi connectivity index (χ0v) is 18.3. The summed E-state index contributed by atoms with van der Waals surface area (Å²) in [6, 6.07) is 11.3. The Morgan fingerprint density at radius 2 is 1.87 bits per heavy atom. The lowest BCUT2D eigenvalue weighted by molar-refractivity contribution is -0.129. The maximum atomic E-state index is 12.4. The highest BCUT2D eigenvalue weighted by atomic mass is 16.5. The van der Waals surface area contributed by atoms with Gasteiger partial charge in [0.05, 0.1) is 20.3 Å². The molecule has 160 valence electrons. The second-order valence-electron chi connectivity index (χ2n) is 7.15. The van der Waals surface area contributed by atoms with E-state index in [0.717, 1.165) is 28.8 Å². The normalized spacial score (nSPS) is 10.7. The highest BCUT2D eigenvalue weighted by Gasteiger charge is 2.12. The van der Waals surface area contributed by atoms with Crippen molar-refractivity contribution in [1.29, 1.82) is 0 Å². The maximum absolute atomic E-state index is 12.4. The Hall–Kier alpha value is -3.28. The molecule has 2 aromatic rings. The molecule has 6 heteroatoms. The Labute approximate surface area is 178 Å². The van der Waals surface area contributed by atoms with Crippen molar-refractivity contribution >= 4 is 23.6 Å². The van der Waals surface area contributed by atoms with Crippen molar-refractivity contribution in [1.82, 2.24) is 4.90 Å². The van der Waals surface area contributed by atoms with Gasteiger partial charge in [-0.3, -0.25) is 9.59 Å². The Kier molecular flexibility index (Phi) is 8.47. The van der Waals surface area contributed by atoms with E-state index in [-0.39, 0.29) is 18.4 Å². The lowest BCUT2D eigenvalue weighted by Crippen LogP contribution is -2.34. The minimum absolute atomic E-state index is 0.0380. The number of rotatable bonds is 9. The zero-order valence-electron chi connectivity index (χ0n) is 18.3. The monoisotopic (exact) mass is 410 g/mol. The summed E-state index contributed by atoms with van der Waals surface area (Å²) in [6.07, 6.45) is 4.03. The van der Waals surface area contributed by atoms with E-state index in [0.29, 0.717) is 18.1 Å². The highest BCUT2D eigenvalue weighted by molar-refractivity contribution is 5.98. The van der Waals surface area contributed by atoms with Gasteiger partial charge in [0.25, 0.3) is 0 Å². The van der Waals surface area contributed by atoms with Crippen molar-refractivity contribution in [3.8, 4) is 11.5 Å². The van der Waals surface area contributed by atoms with Gasteiger partial charge in [0.15, 0.2) is 11.5 Å². The first kappa shape index (κ1) is 23.0. The highest BCUT2D eigenvalue weighted by Crippen LogP contribution is 2.28. The minimum Gasteiger partial charge on any atom is -0.493 e. The van der Waals surface area contributed by atoms with Gasteiger partial charge in [-0.25, -0.2) is 0 Å². The van der Waals surface area contributed by atoms with E-state index in [2.05, 4.69) is 5.32 Å². The smallest absolute Gasteiger partial charge is 0.246 e. The Morgan fingerprint density at radius 1 is 1.10 bits per heavy atom. The van der Waals surface area contributed by atoms with Crippen molar-refractivity contribution in [2.45, 2.75) is 27.2 Å². The molecular formula is C24H30N2O4. The molecule has 0 unspecified atom stereocenters. The van der Waals surface area contributed by atoms with Crippen LogP contribution in [0.25, 0.3) is 6.08 Å². The van der Waals surface area contributed by atoms with Crippen LogP contribution in [0, 0.1) is 13.8 Å². The van der Waals surface area contributed by atoms with Crippen molar-refractivity contribution in [3.05, 3.63) is 59.2 Å². The van der Waals surface area contributed by atoms with Gasteiger partial charge in [-0.15, -0.1) is 0 Å². The molecule has 0 radical (unpaired) electrons. The Morgan fingerprint density at radius 3 is 2.57 bits per heavy atom. The number of benzene rings is 2. The number of likely N-dealkylation sites (N-methyl/N-ethyl adjacent to an activating group) is 1. The molecule has 0 fully saturated rings. The molecule has 0 aliphatic carbocycles. The molecule has 0 bridgehead atoms. The first-order valence-corrected chi connectivity index (χ1v) is 9.95. The first-order chi connectivity index (χ1) is 14.3. The van der Waals surface area contributed by atoms with Gasteiger partial charge >= 0.3 is 0 Å². The number of nitrogens with zero attached hydrogens (tertiary/aromatic N) is 1. The number of methoxy groups -OCH3 is 1. The number of hydrogen-bond donors (Lipinski definition) is 1. The van der Waals surface area contributed by atoms with E-state index in [9.17, 15) is 9.59 Å². The van der Waals surface area contributed by atoms with Gasteiger partial charge in [0.2, 0.25) is 11.8 Å². The fraction of sp³-hybridized carbons (Fsp3) is 0.333. The number of nitrogens with one attached hydrogen (secondary N) is 1. The van der Waals surface area contributed by atoms with E-state index in [1.165, 1.54) is 11.0 Å². The van der Waals surface area contributed by atoms with E-state index in [1.807, 2.05) is 57.2 Å². The van der Waals surface area contributed by atoms with Gasteiger partial charge in [-0.05, 0) is 61.2 Å². The number of hydrogen-bond acceptors (Lipinski definition) is 4. The molecule has 0 aromatic heterocycles. The molecular weight excluding hydrogens is 380 g/mol. The van der Waals surface area contributed by atoms with Gasteiger partial charge in [0, 0.05) is 18.8 Å². The standard InChI is InChI=1S/C24H30N2O4/c1-6-13-30-21-11-9-19(15-22(21)29-5)10-12-24(28)26(4)16-23(27)25-20-14-17(2)7-8-18(20)3/h7-12,14-15H,6,13,16H2,1-5H3,(H,25,27)/b12-10+. The molecule has 0 saturated heterocycles. The maximum Gasteiger partial charge on any atom is 0.246 e. The molecule has 0 heterocycles. The molecule has 2 rings (SSSR count). The topological polar surface area (TPSA) is 67.9 Å². The summed E-state index contributed by atoms with van der Waals surface area (Å²) in [5.74, 6) is 0.769. The molecule has 1 N–H and O–H groups in total. The van der Waals surface area contributed by atoms with Gasteiger partial charge in [-0.1, -0.05) is 25.1 Å². The van der Waals surface area contributed by atoms with Gasteiger partial charge in [0.1, 0.15) is 0 Å². The van der Waals surface area contributed by atoms with Crippen LogP contribution in [-0.4, -0.2) is 44.0 Å². The predicted octanol–water partition coefficient (Wildman–Crippen LogP) is 4.21. The van der Waals surface area contributed by atoms with Crippen molar-refractivity contribution in [3.63, 3.8) is 0 Å². The first-order valence-electron chi connectivity index (χ1n) is 9.95. The van der Waals surface area contributed by atoms with E-state index < -0.39 is 0 Å². The van der Waals surface area contributed by atoms with Crippen LogP contribution in [0.5, 0.6) is 11.5 Å². The third-order valence-electron chi connectivity index (χ3n) is 4.49. The van der Waals surface area contributed by atoms with Crippen molar-refractivity contribution < 1.29 is 19.1 Å². The summed E-state index contributed by atoms with van der Waals surface area (Å²) >= 11 is 0. The number of anilines is 1. The van der Waals surface area contributed by atoms with Crippen molar-refractivity contribution in [2.75, 3.05) is 32.6 Å². The lowest BCUT2D eigenvalue weighted by atomic mass is 10.1. The number of carbonyl (C=O) groups excluding carboxylic acids is 2. The predicted molar refractivity (Wildman–Crippen MR) is 120 cm³/mol. The second kappa shape index (κ2) is 11.0. The number of carbonyl (C=O) groups is 2. The minimum atomic E-state index is -0.267. The SMILES string of the molecule is CCCOc1ccc(/C=C/C(=O)N(C)CC(=O)Nc2cc(C)ccc2C)cc1OC. The van der Waals surface area contributed by atoms with E-state index >= 15 is 0 Å². The summed E-state index contributed by atoms with van der Waals surface area (Å²) in [4.78, 5) is 26.1. The molecule has 2 aromatic carbocycles. The molecule has 30 heavy (non-hydrogen) atoms. The van der Waals surface area contributed by atoms with Crippen molar-refractivity contribution in [2.24, 2.45) is 0 Å². The third-order valence-corrected chi connectivity index (χ3v) is 4.49. The second-order valence-corrected chi connectivity index (χ2v) is 7.15. The van der Waals surface area contributed by atoms with Crippen LogP contribution < -0.4 is 14.8 Å². The van der Waals surface area contributed by atoms with Gasteiger partial charge < -0.3 is 19.7 Å². The molecule has 0 atom stereocenters. The van der Waals surface area contributed by atoms with Crippen LogP contribution in [0.3, 0.4) is 0 Å². The fourth-order valence-corrected chi connectivity index (χ4v) is 2.77.